The molecule has 0 atom stereocenters. The van der Waals surface area contributed by atoms with Crippen molar-refractivity contribution < 1.29 is 27.9 Å². The Morgan fingerprint density at radius 1 is 1.17 bits per heavy atom. The summed E-state index contributed by atoms with van der Waals surface area (Å²) in [5.74, 6) is 4.10. The molecule has 1 aliphatic rings. The smallest absolute Gasteiger partial charge is 0.426 e. The normalized spacial score (nSPS) is 15.0. The van der Waals surface area contributed by atoms with Crippen LogP contribution in [0, 0.1) is 5.92 Å². The molecule has 0 aliphatic carbocycles. The lowest BCUT2D eigenvalue weighted by atomic mass is 9.99. The molecule has 35 heavy (non-hydrogen) atoms. The maximum Gasteiger partial charge on any atom is 0.426 e. The number of aliphatic imine (C=N–C) groups is 1. The van der Waals surface area contributed by atoms with E-state index < -0.39 is 17.0 Å². The van der Waals surface area contributed by atoms with Crippen molar-refractivity contribution in [3.63, 3.8) is 0 Å². The van der Waals surface area contributed by atoms with Gasteiger partial charge in [0, 0.05) is 25.2 Å². The number of alkyl halides is 3. The van der Waals surface area contributed by atoms with Gasteiger partial charge in [-0.2, -0.15) is 19.1 Å². The van der Waals surface area contributed by atoms with Crippen LogP contribution in [-0.4, -0.2) is 35.0 Å². The fourth-order valence-corrected chi connectivity index (χ4v) is 4.76. The summed E-state index contributed by atoms with van der Waals surface area (Å²) in [6, 6.07) is 16.9. The molecule has 182 valence electrons. The van der Waals surface area contributed by atoms with Gasteiger partial charge in [0.05, 0.1) is 16.5 Å². The van der Waals surface area contributed by atoms with Gasteiger partial charge >= 0.3 is 12.1 Å². The fraction of sp³-hybridized carbons (Fsp3) is 0.200. The molecule has 0 radical (unpaired) electrons. The predicted octanol–water partition coefficient (Wildman–Crippen LogP) is 5.26. The number of thiophene rings is 1. The molecule has 4 rings (SSSR count). The average Bonchev–Trinajstić information content (AvgIpc) is 3.26. The number of carboxylic acid groups (broad SMARTS) is 1. The van der Waals surface area contributed by atoms with Gasteiger partial charge in [0.15, 0.2) is 0 Å². The van der Waals surface area contributed by atoms with Gasteiger partial charge in [-0.3, -0.25) is 9.69 Å². The van der Waals surface area contributed by atoms with Crippen LogP contribution in [0.3, 0.4) is 0 Å². The lowest BCUT2D eigenvalue weighted by molar-refractivity contribution is -0.147. The van der Waals surface area contributed by atoms with E-state index in [1.54, 1.807) is 42.5 Å². The standard InChI is InChI=1S/C25H22F3N3O3S/c1-15(17-9-7-16(8-10-17)12-31-13-19(14-31)24(32)33)30-23(34-29)21-11-20(18-5-3-2-4-6-18)22(35-21)25(26,27)28/h2-11,19H,1,12-14,29H2,(H,32,33). The quantitative estimate of drug-likeness (QED) is 0.262. The lowest BCUT2D eigenvalue weighted by Crippen LogP contribution is -2.49. The third-order valence-electron chi connectivity index (χ3n) is 5.63. The number of hydrogen-bond acceptors (Lipinski definition) is 6. The van der Waals surface area contributed by atoms with Crippen molar-refractivity contribution >= 4 is 28.9 Å². The Morgan fingerprint density at radius 2 is 1.83 bits per heavy atom. The van der Waals surface area contributed by atoms with Gasteiger partial charge in [-0.05, 0) is 22.8 Å². The molecule has 1 saturated heterocycles. The average molecular weight is 502 g/mol. The number of likely N-dealkylation sites (tertiary alicyclic amines) is 1. The van der Waals surface area contributed by atoms with Crippen molar-refractivity contribution in [2.24, 2.45) is 16.8 Å². The Morgan fingerprint density at radius 3 is 2.40 bits per heavy atom. The Balaban J connectivity index is 1.53. The largest absolute Gasteiger partial charge is 0.481 e. The Labute approximate surface area is 203 Å². The van der Waals surface area contributed by atoms with E-state index in [-0.39, 0.29) is 28.0 Å². The van der Waals surface area contributed by atoms with Crippen LogP contribution < -0.4 is 5.90 Å². The van der Waals surface area contributed by atoms with Crippen LogP contribution in [0.15, 0.2) is 72.2 Å². The molecule has 0 spiro atoms. The Bertz CT molecular complexity index is 1250. The van der Waals surface area contributed by atoms with Crippen LogP contribution in [0.2, 0.25) is 0 Å². The number of carbonyl (C=O) groups is 1. The van der Waals surface area contributed by atoms with Gasteiger partial charge in [-0.1, -0.05) is 61.2 Å². The molecular weight excluding hydrogens is 479 g/mol. The van der Waals surface area contributed by atoms with Crippen LogP contribution in [0.4, 0.5) is 13.2 Å². The highest BCUT2D eigenvalue weighted by molar-refractivity contribution is 7.14. The molecule has 2 aromatic carbocycles. The van der Waals surface area contributed by atoms with E-state index in [1.807, 2.05) is 17.0 Å². The van der Waals surface area contributed by atoms with Gasteiger partial charge in [0.25, 0.3) is 5.90 Å². The molecule has 0 amide bonds. The number of nitrogens with two attached hydrogens (primary N) is 1. The lowest BCUT2D eigenvalue weighted by Gasteiger charge is -2.36. The monoisotopic (exact) mass is 501 g/mol. The minimum atomic E-state index is -4.55. The maximum absolute atomic E-state index is 13.7. The Hall–Kier alpha value is -3.47. The van der Waals surface area contributed by atoms with E-state index >= 15 is 0 Å². The van der Waals surface area contributed by atoms with Gasteiger partial charge < -0.3 is 9.94 Å². The Kier molecular flexibility index (Phi) is 7.06. The summed E-state index contributed by atoms with van der Waals surface area (Å²) in [4.78, 5) is 21.4. The first-order valence-electron chi connectivity index (χ1n) is 10.6. The summed E-state index contributed by atoms with van der Waals surface area (Å²) >= 11 is 0.502. The molecular formula is C25H22F3N3O3S. The van der Waals surface area contributed by atoms with Crippen molar-refractivity contribution in [3.05, 3.63) is 88.1 Å². The minimum absolute atomic E-state index is 0.0222. The molecule has 2 heterocycles. The number of halogens is 3. The summed E-state index contributed by atoms with van der Waals surface area (Å²) in [7, 11) is 0. The van der Waals surface area contributed by atoms with Crippen LogP contribution in [0.5, 0.6) is 0 Å². The zero-order valence-electron chi connectivity index (χ0n) is 18.5. The van der Waals surface area contributed by atoms with Gasteiger partial charge in [-0.15, -0.1) is 11.3 Å². The molecule has 3 aromatic rings. The van der Waals surface area contributed by atoms with E-state index in [0.717, 1.165) is 5.56 Å². The van der Waals surface area contributed by atoms with E-state index in [4.69, 9.17) is 15.8 Å². The number of benzene rings is 2. The van der Waals surface area contributed by atoms with Gasteiger partial charge in [0.1, 0.15) is 4.88 Å². The summed E-state index contributed by atoms with van der Waals surface area (Å²) in [6.07, 6.45) is -4.55. The summed E-state index contributed by atoms with van der Waals surface area (Å²) in [5, 5.41) is 8.98. The maximum atomic E-state index is 13.7. The summed E-state index contributed by atoms with van der Waals surface area (Å²) in [6.45, 7) is 5.55. The third-order valence-corrected chi connectivity index (χ3v) is 6.80. The summed E-state index contributed by atoms with van der Waals surface area (Å²) in [5.41, 5.74) is 2.35. The van der Waals surface area contributed by atoms with Crippen molar-refractivity contribution in [1.29, 1.82) is 0 Å². The van der Waals surface area contributed by atoms with E-state index in [9.17, 15) is 18.0 Å². The van der Waals surface area contributed by atoms with E-state index in [1.165, 1.54) is 6.07 Å². The van der Waals surface area contributed by atoms with E-state index in [0.29, 0.717) is 42.1 Å². The third kappa shape index (κ3) is 5.61. The van der Waals surface area contributed by atoms with Gasteiger partial charge in [-0.25, -0.2) is 4.99 Å². The molecule has 0 saturated carbocycles. The summed E-state index contributed by atoms with van der Waals surface area (Å²) < 4.78 is 41.1. The fourth-order valence-electron chi connectivity index (χ4n) is 3.78. The molecule has 1 aromatic heterocycles. The highest BCUT2D eigenvalue weighted by atomic mass is 32.1. The zero-order chi connectivity index (χ0) is 25.2. The molecule has 0 bridgehead atoms. The first-order chi connectivity index (χ1) is 16.7. The second-order valence-corrected chi connectivity index (χ2v) is 9.18. The predicted molar refractivity (Wildman–Crippen MR) is 128 cm³/mol. The van der Waals surface area contributed by atoms with Crippen molar-refractivity contribution in [2.75, 3.05) is 13.1 Å². The first-order valence-corrected chi connectivity index (χ1v) is 11.4. The number of hydrogen-bond donors (Lipinski definition) is 2. The van der Waals surface area contributed by atoms with Crippen molar-refractivity contribution in [3.8, 4) is 11.1 Å². The number of aliphatic carboxylic acids is 1. The molecule has 3 N–H and O–H groups in total. The number of carboxylic acids is 1. The zero-order valence-corrected chi connectivity index (χ0v) is 19.3. The second kappa shape index (κ2) is 10.0. The van der Waals surface area contributed by atoms with Crippen molar-refractivity contribution in [1.82, 2.24) is 4.90 Å². The van der Waals surface area contributed by atoms with Crippen LogP contribution in [0.25, 0.3) is 16.8 Å². The number of rotatable bonds is 7. The molecule has 0 unspecified atom stereocenters. The van der Waals surface area contributed by atoms with Crippen LogP contribution >= 0.6 is 11.3 Å². The van der Waals surface area contributed by atoms with Crippen molar-refractivity contribution in [2.45, 2.75) is 12.7 Å². The number of nitrogens with zero attached hydrogens (tertiary/aromatic N) is 2. The van der Waals surface area contributed by atoms with E-state index in [2.05, 4.69) is 11.6 Å². The molecule has 1 aliphatic heterocycles. The highest BCUT2D eigenvalue weighted by Crippen LogP contribution is 2.43. The second-order valence-electron chi connectivity index (χ2n) is 8.12. The highest BCUT2D eigenvalue weighted by Gasteiger charge is 2.37. The molecule has 1 fully saturated rings. The molecule has 6 nitrogen and oxygen atoms in total. The minimum Gasteiger partial charge on any atom is -0.481 e. The molecule has 10 heteroatoms. The first kappa shape index (κ1) is 24.6. The van der Waals surface area contributed by atoms with Gasteiger partial charge in [0.2, 0.25) is 0 Å². The SMILES string of the molecule is C=C(N=C(ON)c1cc(-c2ccccc2)c(C(F)(F)F)s1)c1ccc(CN2CC(C(=O)O)C2)cc1. The topological polar surface area (TPSA) is 88.2 Å². The van der Waals surface area contributed by atoms with Crippen LogP contribution in [-0.2, 0) is 22.4 Å². The van der Waals surface area contributed by atoms with Crippen LogP contribution in [0.1, 0.15) is 20.9 Å².